The monoisotopic (exact) mass is 870 g/mol. The van der Waals surface area contributed by atoms with Crippen molar-refractivity contribution in [3.63, 3.8) is 0 Å². The number of unbranched alkanes of at least 4 members (excludes halogenated alkanes) is 31. The third-order valence-electron chi connectivity index (χ3n) is 11.1. The molecule has 0 aromatic heterocycles. The number of hydrogen-bond acceptors (Lipinski definition) is 8. The molecule has 0 spiro atoms. The molecular weight excluding hydrogens is 774 g/mol. The van der Waals surface area contributed by atoms with Crippen LogP contribution in [0.25, 0.3) is 0 Å². The van der Waals surface area contributed by atoms with Crippen LogP contribution in [0.1, 0.15) is 251 Å². The lowest BCUT2D eigenvalue weighted by atomic mass is 10.0. The second kappa shape index (κ2) is 47.0. The maximum absolute atomic E-state index is 12.6. The van der Waals surface area contributed by atoms with Gasteiger partial charge in [0.1, 0.15) is 6.61 Å². The van der Waals surface area contributed by atoms with E-state index in [0.29, 0.717) is 6.42 Å². The summed E-state index contributed by atoms with van der Waals surface area (Å²) in [4.78, 5) is 35.0. The van der Waals surface area contributed by atoms with Crippen LogP contribution in [0.3, 0.4) is 0 Å². The molecule has 0 aliphatic carbocycles. The first-order chi connectivity index (χ1) is 29.3. The van der Waals surface area contributed by atoms with Crippen LogP contribution < -0.4 is 5.73 Å². The molecule has 9 nitrogen and oxygen atoms in total. The van der Waals surface area contributed by atoms with Gasteiger partial charge in [0.05, 0.1) is 13.2 Å². The first-order valence-electron chi connectivity index (χ1n) is 25.3. The predicted molar refractivity (Wildman–Crippen MR) is 252 cm³/mol. The fourth-order valence-electron chi connectivity index (χ4n) is 7.31. The minimum absolute atomic E-state index is 0.0546. The Labute approximate surface area is 370 Å². The van der Waals surface area contributed by atoms with Gasteiger partial charge < -0.3 is 20.1 Å². The molecule has 3 N–H and O–H groups in total. The maximum atomic E-state index is 12.6. The number of esters is 2. The Morgan fingerprint density at radius 1 is 0.500 bits per heavy atom. The van der Waals surface area contributed by atoms with Crippen molar-refractivity contribution < 1.29 is 37.6 Å². The number of phosphoric ester groups is 1. The molecule has 354 valence electrons. The van der Waals surface area contributed by atoms with E-state index >= 15 is 0 Å². The van der Waals surface area contributed by atoms with Crippen LogP contribution in [0.2, 0.25) is 0 Å². The topological polar surface area (TPSA) is 134 Å². The minimum atomic E-state index is -4.38. The highest BCUT2D eigenvalue weighted by molar-refractivity contribution is 7.47. The molecule has 0 aliphatic rings. The van der Waals surface area contributed by atoms with Crippen molar-refractivity contribution in [3.05, 3.63) is 24.3 Å². The number of ether oxygens (including phenoxy) is 2. The van der Waals surface area contributed by atoms with Gasteiger partial charge in [-0.3, -0.25) is 18.6 Å². The van der Waals surface area contributed by atoms with Gasteiger partial charge in [-0.25, -0.2) is 4.57 Å². The summed E-state index contributed by atoms with van der Waals surface area (Å²) < 4.78 is 32.9. The summed E-state index contributed by atoms with van der Waals surface area (Å²) >= 11 is 0. The van der Waals surface area contributed by atoms with Crippen LogP contribution >= 0.6 is 7.82 Å². The van der Waals surface area contributed by atoms with Crippen molar-refractivity contribution >= 4 is 19.8 Å². The van der Waals surface area contributed by atoms with Crippen LogP contribution in [0.5, 0.6) is 0 Å². The summed E-state index contributed by atoms with van der Waals surface area (Å²) in [6.45, 7) is 3.75. The number of phosphoric acid groups is 1. The number of carbonyl (C=O) groups is 2. The van der Waals surface area contributed by atoms with Crippen LogP contribution in [0.4, 0.5) is 0 Å². The number of carbonyl (C=O) groups excluding carboxylic acids is 2. The zero-order valence-corrected chi connectivity index (χ0v) is 40.1. The number of hydrogen-bond donors (Lipinski definition) is 2. The summed E-state index contributed by atoms with van der Waals surface area (Å²) in [5.41, 5.74) is 5.37. The fourth-order valence-corrected chi connectivity index (χ4v) is 8.08. The lowest BCUT2D eigenvalue weighted by Gasteiger charge is -2.19. The fraction of sp³-hybridized carbons (Fsp3) is 0.880. The van der Waals surface area contributed by atoms with Gasteiger partial charge in [0.25, 0.3) is 0 Å². The lowest BCUT2D eigenvalue weighted by Crippen LogP contribution is -2.29. The molecule has 2 unspecified atom stereocenters. The summed E-state index contributed by atoms with van der Waals surface area (Å²) in [6, 6.07) is 0. The molecule has 0 rings (SSSR count). The van der Waals surface area contributed by atoms with E-state index in [1.165, 1.54) is 167 Å². The number of nitrogens with two attached hydrogens (primary N) is 1. The van der Waals surface area contributed by atoms with Crippen molar-refractivity contribution in [1.82, 2.24) is 0 Å². The van der Waals surface area contributed by atoms with Crippen molar-refractivity contribution in [2.75, 3.05) is 26.4 Å². The highest BCUT2D eigenvalue weighted by atomic mass is 31.2. The molecule has 10 heteroatoms. The molecule has 0 aromatic rings. The summed E-state index contributed by atoms with van der Waals surface area (Å²) in [5, 5.41) is 0. The Kier molecular flexibility index (Phi) is 45.8. The third-order valence-corrected chi connectivity index (χ3v) is 12.1. The SMILES string of the molecule is CCCCC/C=C\C/C=C\CCCCCCCCCCCC(=O)OC(COC(=O)CCCCCCCCCCCCCCCCCCCCCC)COP(=O)(O)OCCN. The lowest BCUT2D eigenvalue weighted by molar-refractivity contribution is -0.161. The highest BCUT2D eigenvalue weighted by Crippen LogP contribution is 2.43. The molecule has 0 saturated carbocycles. The maximum Gasteiger partial charge on any atom is 0.472 e. The Hall–Kier alpha value is -1.51. The molecule has 0 aromatic carbocycles. The van der Waals surface area contributed by atoms with Gasteiger partial charge >= 0.3 is 19.8 Å². The molecule has 0 saturated heterocycles. The van der Waals surface area contributed by atoms with Gasteiger partial charge in [0.2, 0.25) is 0 Å². The van der Waals surface area contributed by atoms with Gasteiger partial charge in [-0.2, -0.15) is 0 Å². The highest BCUT2D eigenvalue weighted by Gasteiger charge is 2.26. The Morgan fingerprint density at radius 3 is 1.30 bits per heavy atom. The van der Waals surface area contributed by atoms with E-state index in [2.05, 4.69) is 38.2 Å². The van der Waals surface area contributed by atoms with Crippen LogP contribution in [-0.4, -0.2) is 49.3 Å². The zero-order valence-electron chi connectivity index (χ0n) is 39.2. The van der Waals surface area contributed by atoms with E-state index < -0.39 is 26.5 Å². The predicted octanol–water partition coefficient (Wildman–Crippen LogP) is 15.1. The average Bonchev–Trinajstić information content (AvgIpc) is 3.24. The van der Waals surface area contributed by atoms with Gasteiger partial charge in [-0.15, -0.1) is 0 Å². The largest absolute Gasteiger partial charge is 0.472 e. The van der Waals surface area contributed by atoms with Crippen LogP contribution in [0, 0.1) is 0 Å². The van der Waals surface area contributed by atoms with E-state index in [0.717, 1.165) is 51.4 Å². The third kappa shape index (κ3) is 46.0. The summed E-state index contributed by atoms with van der Waals surface area (Å²) in [5.74, 6) is -0.820. The van der Waals surface area contributed by atoms with Crippen molar-refractivity contribution in [3.8, 4) is 0 Å². The van der Waals surface area contributed by atoms with E-state index in [4.69, 9.17) is 24.3 Å². The Bertz CT molecular complexity index is 1040. The van der Waals surface area contributed by atoms with E-state index in [1.54, 1.807) is 0 Å². The smallest absolute Gasteiger partial charge is 0.462 e. The van der Waals surface area contributed by atoms with Crippen molar-refractivity contribution in [2.24, 2.45) is 5.73 Å². The minimum Gasteiger partial charge on any atom is -0.462 e. The molecule has 0 aliphatic heterocycles. The standard InChI is InChI=1S/C50H96NO8P/c1-3-5-7-9-11-13-15-17-19-21-23-25-26-28-30-32-34-36-38-40-42-49(52)56-46-48(47-58-60(54,55)57-45-44-51)59-50(53)43-41-39-37-35-33-31-29-27-24-22-20-18-16-14-12-10-8-6-4-2/h12,14,18,20,48H,3-11,13,15-17,19,21-47,51H2,1-2H3,(H,54,55)/b14-12-,20-18-. The molecule has 0 bridgehead atoms. The molecule has 0 heterocycles. The Balaban J connectivity index is 4.03. The van der Waals surface area contributed by atoms with Crippen molar-refractivity contribution in [2.45, 2.75) is 258 Å². The molecule has 60 heavy (non-hydrogen) atoms. The van der Waals surface area contributed by atoms with Gasteiger partial charge in [0.15, 0.2) is 6.10 Å². The van der Waals surface area contributed by atoms with Gasteiger partial charge in [-0.1, -0.05) is 218 Å². The van der Waals surface area contributed by atoms with Gasteiger partial charge in [0, 0.05) is 19.4 Å². The van der Waals surface area contributed by atoms with E-state index in [-0.39, 0.29) is 38.6 Å². The second-order valence-electron chi connectivity index (χ2n) is 17.0. The van der Waals surface area contributed by atoms with Crippen LogP contribution in [-0.2, 0) is 32.7 Å². The molecule has 0 amide bonds. The first-order valence-corrected chi connectivity index (χ1v) is 26.8. The van der Waals surface area contributed by atoms with Crippen LogP contribution in [0.15, 0.2) is 24.3 Å². The average molecular weight is 870 g/mol. The molecule has 0 radical (unpaired) electrons. The summed E-state index contributed by atoms with van der Waals surface area (Å²) in [6.07, 6.45) is 52.1. The van der Waals surface area contributed by atoms with Gasteiger partial charge in [-0.05, 0) is 44.9 Å². The quantitative estimate of drug-likeness (QED) is 0.0265. The molecule has 0 fully saturated rings. The molecular formula is C50H96NO8P. The zero-order chi connectivity index (χ0) is 43.9. The molecule has 2 atom stereocenters. The Morgan fingerprint density at radius 2 is 0.867 bits per heavy atom. The number of rotatable bonds is 48. The van der Waals surface area contributed by atoms with E-state index in [9.17, 15) is 19.0 Å². The van der Waals surface area contributed by atoms with E-state index in [1.807, 2.05) is 0 Å². The second-order valence-corrected chi connectivity index (χ2v) is 18.5. The normalized spacial score (nSPS) is 13.3. The van der Waals surface area contributed by atoms with Crippen molar-refractivity contribution in [1.29, 1.82) is 0 Å². The number of allylic oxidation sites excluding steroid dienone is 4. The first kappa shape index (κ1) is 58.5. The summed E-state index contributed by atoms with van der Waals surface area (Å²) in [7, 11) is -4.38.